The molecule has 0 aromatic heterocycles. The molecule has 3 rings (SSSR count). The van der Waals surface area contributed by atoms with Crippen LogP contribution in [0.3, 0.4) is 0 Å². The first kappa shape index (κ1) is 14.8. The highest BCUT2D eigenvalue weighted by Gasteiger charge is 2.39. The molecule has 0 unspecified atom stereocenters. The van der Waals surface area contributed by atoms with Crippen LogP contribution in [0.1, 0.15) is 43.0 Å². The van der Waals surface area contributed by atoms with Crippen LogP contribution >= 0.6 is 0 Å². The average molecular weight is 295 g/mol. The fraction of sp³-hybridized carbons (Fsp3) is 0.316. The summed E-state index contributed by atoms with van der Waals surface area (Å²) in [5.41, 5.74) is 3.52. The van der Waals surface area contributed by atoms with Crippen LogP contribution in [0.15, 0.2) is 65.8 Å². The molecule has 3 atom stereocenters. The molecule has 0 saturated carbocycles. The van der Waals surface area contributed by atoms with E-state index in [2.05, 4.69) is 65.9 Å². The highest BCUT2D eigenvalue weighted by molar-refractivity contribution is 5.87. The van der Waals surface area contributed by atoms with E-state index in [9.17, 15) is 5.21 Å². The molecule has 1 aliphatic heterocycles. The zero-order valence-corrected chi connectivity index (χ0v) is 12.9. The highest BCUT2D eigenvalue weighted by Crippen LogP contribution is 2.31. The Morgan fingerprint density at radius 3 is 2.14 bits per heavy atom. The van der Waals surface area contributed by atoms with Crippen molar-refractivity contribution in [1.29, 1.82) is 0 Å². The van der Waals surface area contributed by atoms with E-state index in [4.69, 9.17) is 0 Å². The Balaban J connectivity index is 1.95. The van der Waals surface area contributed by atoms with Crippen molar-refractivity contribution in [3.63, 3.8) is 0 Å². The molecule has 1 fully saturated rings. The smallest absolute Gasteiger partial charge is 0.120 e. The van der Waals surface area contributed by atoms with Gasteiger partial charge in [0.2, 0.25) is 0 Å². The van der Waals surface area contributed by atoms with Crippen molar-refractivity contribution >= 4 is 5.71 Å². The van der Waals surface area contributed by atoms with Crippen LogP contribution in [0.25, 0.3) is 0 Å². The van der Waals surface area contributed by atoms with E-state index in [1.54, 1.807) is 0 Å². The van der Waals surface area contributed by atoms with Crippen LogP contribution in [0, 0.1) is 5.92 Å². The molecule has 0 spiro atoms. The molecule has 2 aromatic rings. The highest BCUT2D eigenvalue weighted by atomic mass is 16.4. The molecule has 1 heterocycles. The number of hydrogen-bond donors (Lipinski definition) is 2. The molecule has 0 aliphatic carbocycles. The molecule has 0 bridgehead atoms. The zero-order chi connectivity index (χ0) is 15.4. The third-order valence-electron chi connectivity index (χ3n) is 4.71. The van der Waals surface area contributed by atoms with E-state index in [-0.39, 0.29) is 5.92 Å². The van der Waals surface area contributed by atoms with Crippen LogP contribution in [-0.2, 0) is 0 Å². The number of hydrogen-bond acceptors (Lipinski definition) is 2. The van der Waals surface area contributed by atoms with E-state index in [0.29, 0.717) is 12.1 Å². The fourth-order valence-corrected chi connectivity index (χ4v) is 3.59. The van der Waals surface area contributed by atoms with Crippen molar-refractivity contribution in [1.82, 2.24) is 0 Å². The summed E-state index contributed by atoms with van der Waals surface area (Å²) >= 11 is 0. The number of piperidine rings is 1. The first-order valence-electron chi connectivity index (χ1n) is 7.99. The predicted molar refractivity (Wildman–Crippen MR) is 87.9 cm³/mol. The van der Waals surface area contributed by atoms with Gasteiger partial charge >= 0.3 is 0 Å². The van der Waals surface area contributed by atoms with E-state index >= 15 is 0 Å². The van der Waals surface area contributed by atoms with Gasteiger partial charge in [0.1, 0.15) is 12.1 Å². The Kier molecular flexibility index (Phi) is 4.54. The van der Waals surface area contributed by atoms with Crippen LogP contribution in [0.2, 0.25) is 0 Å². The molecule has 3 heteroatoms. The van der Waals surface area contributed by atoms with Crippen molar-refractivity contribution in [2.45, 2.75) is 31.8 Å². The summed E-state index contributed by atoms with van der Waals surface area (Å²) in [6.07, 6.45) is 1.79. The second kappa shape index (κ2) is 6.75. The lowest BCUT2D eigenvalue weighted by Crippen LogP contribution is -2.90. The predicted octanol–water partition coefficient (Wildman–Crippen LogP) is 3.29. The quantitative estimate of drug-likeness (QED) is 0.662. The van der Waals surface area contributed by atoms with E-state index in [0.717, 1.165) is 18.6 Å². The van der Waals surface area contributed by atoms with Gasteiger partial charge in [-0.25, -0.2) is 0 Å². The minimum atomic E-state index is 0.285. The van der Waals surface area contributed by atoms with Gasteiger partial charge in [-0.15, -0.1) is 0 Å². The molecular formula is C19H23N2O+. The van der Waals surface area contributed by atoms with Crippen molar-refractivity contribution in [2.24, 2.45) is 11.1 Å². The van der Waals surface area contributed by atoms with Gasteiger partial charge in [0.25, 0.3) is 0 Å². The normalized spacial score (nSPS) is 27.0. The Hall–Kier alpha value is -2.13. The SMILES string of the molecule is CC[C@H]1/C(=N/O)C[C@@H](c2ccccc2)[NH2+][C@@H]1c1ccccc1. The molecule has 3 nitrogen and oxygen atoms in total. The fourth-order valence-electron chi connectivity index (χ4n) is 3.59. The molecule has 2 aromatic carbocycles. The number of benzene rings is 2. The molecule has 114 valence electrons. The van der Waals surface area contributed by atoms with Crippen LogP contribution < -0.4 is 5.32 Å². The van der Waals surface area contributed by atoms with E-state index in [1.165, 1.54) is 11.1 Å². The van der Waals surface area contributed by atoms with Crippen molar-refractivity contribution in [2.75, 3.05) is 0 Å². The zero-order valence-electron chi connectivity index (χ0n) is 12.9. The molecule has 1 saturated heterocycles. The van der Waals surface area contributed by atoms with Gasteiger partial charge in [-0.3, -0.25) is 0 Å². The topological polar surface area (TPSA) is 49.2 Å². The second-order valence-corrected chi connectivity index (χ2v) is 5.96. The van der Waals surface area contributed by atoms with Crippen molar-refractivity contribution in [3.05, 3.63) is 71.8 Å². The second-order valence-electron chi connectivity index (χ2n) is 5.96. The first-order chi connectivity index (χ1) is 10.8. The third-order valence-corrected chi connectivity index (χ3v) is 4.71. The largest absolute Gasteiger partial charge is 0.411 e. The third kappa shape index (κ3) is 2.90. The Morgan fingerprint density at radius 1 is 1.00 bits per heavy atom. The maximum absolute atomic E-state index is 9.50. The van der Waals surface area contributed by atoms with Gasteiger partial charge in [0.05, 0.1) is 11.6 Å². The summed E-state index contributed by atoms with van der Waals surface area (Å²) in [5.74, 6) is 0.285. The van der Waals surface area contributed by atoms with E-state index in [1.807, 2.05) is 12.1 Å². The molecule has 0 amide bonds. The number of oxime groups is 1. The maximum atomic E-state index is 9.50. The molecular weight excluding hydrogens is 272 g/mol. The van der Waals surface area contributed by atoms with E-state index < -0.39 is 0 Å². The number of nitrogens with two attached hydrogens (primary N) is 1. The van der Waals surface area contributed by atoms with Gasteiger partial charge in [-0.05, 0) is 6.42 Å². The summed E-state index contributed by atoms with van der Waals surface area (Å²) in [7, 11) is 0. The molecule has 22 heavy (non-hydrogen) atoms. The lowest BCUT2D eigenvalue weighted by atomic mass is 9.79. The van der Waals surface area contributed by atoms with Gasteiger partial charge in [-0.2, -0.15) is 0 Å². The van der Waals surface area contributed by atoms with Crippen LogP contribution in [0.4, 0.5) is 0 Å². The lowest BCUT2D eigenvalue weighted by Gasteiger charge is -2.35. The molecule has 3 N–H and O–H groups in total. The lowest BCUT2D eigenvalue weighted by molar-refractivity contribution is -0.742. The van der Waals surface area contributed by atoms with Gasteiger partial charge < -0.3 is 10.5 Å². The molecule has 0 radical (unpaired) electrons. The summed E-state index contributed by atoms with van der Waals surface area (Å²) in [6, 6.07) is 21.7. The Labute approximate surface area is 131 Å². The first-order valence-corrected chi connectivity index (χ1v) is 7.99. The Bertz CT molecular complexity index is 624. The maximum Gasteiger partial charge on any atom is 0.120 e. The van der Waals surface area contributed by atoms with Crippen LogP contribution in [0.5, 0.6) is 0 Å². The summed E-state index contributed by atoms with van der Waals surface area (Å²) in [4.78, 5) is 0. The monoisotopic (exact) mass is 295 g/mol. The number of nitrogens with zero attached hydrogens (tertiary/aromatic N) is 1. The summed E-state index contributed by atoms with van der Waals surface area (Å²) in [6.45, 7) is 2.17. The van der Waals surface area contributed by atoms with Crippen LogP contribution in [-0.4, -0.2) is 10.9 Å². The Morgan fingerprint density at radius 2 is 1.59 bits per heavy atom. The van der Waals surface area contributed by atoms with Gasteiger partial charge in [-0.1, -0.05) is 72.7 Å². The summed E-state index contributed by atoms with van der Waals surface area (Å²) in [5, 5.41) is 15.6. The van der Waals surface area contributed by atoms with Gasteiger partial charge in [0.15, 0.2) is 0 Å². The van der Waals surface area contributed by atoms with Crippen molar-refractivity contribution in [3.8, 4) is 0 Å². The standard InChI is InChI=1S/C19H22N2O/c1-2-16-18(21-22)13-17(14-9-5-3-6-10-14)20-19(16)15-11-7-4-8-12-15/h3-12,16-17,19-20,22H,2,13H2,1H3/p+1/b21-18+/t16-,17-,19+/m0/s1. The van der Waals surface area contributed by atoms with Gasteiger partial charge in [0, 0.05) is 17.5 Å². The average Bonchev–Trinajstić information content (AvgIpc) is 2.62. The summed E-state index contributed by atoms with van der Waals surface area (Å²) < 4.78 is 0. The molecule has 1 aliphatic rings. The van der Waals surface area contributed by atoms with Crippen molar-refractivity contribution < 1.29 is 10.5 Å². The number of quaternary nitrogens is 1. The number of rotatable bonds is 3. The minimum Gasteiger partial charge on any atom is -0.411 e. The minimum absolute atomic E-state index is 0.285.